The molecule has 1 aromatic carbocycles. The second-order valence-corrected chi connectivity index (χ2v) is 4.79. The number of benzene rings is 1. The largest absolute Gasteiger partial charge is 0.371 e. The lowest BCUT2D eigenvalue weighted by molar-refractivity contribution is 0.161. The quantitative estimate of drug-likeness (QED) is 0.744. The molecule has 16 heavy (non-hydrogen) atoms. The minimum Gasteiger partial charge on any atom is -0.371 e. The second-order valence-electron chi connectivity index (χ2n) is 4.79. The van der Waals surface area contributed by atoms with Gasteiger partial charge in [-0.25, -0.2) is 5.48 Å². The summed E-state index contributed by atoms with van der Waals surface area (Å²) in [6.07, 6.45) is 4.92. The first kappa shape index (κ1) is 10.1. The van der Waals surface area contributed by atoms with E-state index in [1.165, 1.54) is 61.2 Å². The van der Waals surface area contributed by atoms with Crippen LogP contribution in [-0.2, 0) is 19.4 Å². The molecule has 0 saturated carbocycles. The number of nitrogens with zero attached hydrogens (tertiary/aromatic N) is 1. The summed E-state index contributed by atoms with van der Waals surface area (Å²) in [6, 6.07) is 4.50. The molecule has 0 saturated heterocycles. The molecular weight excluding hydrogens is 200 g/mol. The zero-order valence-corrected chi connectivity index (χ0v) is 9.50. The van der Waals surface area contributed by atoms with Gasteiger partial charge in [-0.05, 0) is 42.4 Å². The van der Waals surface area contributed by atoms with Gasteiger partial charge in [0.1, 0.15) is 0 Å². The van der Waals surface area contributed by atoms with E-state index in [2.05, 4.69) is 22.5 Å². The third kappa shape index (κ3) is 1.60. The fourth-order valence-corrected chi connectivity index (χ4v) is 3.07. The molecule has 2 heterocycles. The molecule has 0 unspecified atom stereocenters. The van der Waals surface area contributed by atoms with Gasteiger partial charge in [0, 0.05) is 25.3 Å². The molecule has 86 valence electrons. The van der Waals surface area contributed by atoms with Gasteiger partial charge in [-0.2, -0.15) is 0 Å². The molecule has 0 bridgehead atoms. The highest BCUT2D eigenvalue weighted by Crippen LogP contribution is 2.35. The van der Waals surface area contributed by atoms with Crippen molar-refractivity contribution in [3.63, 3.8) is 0 Å². The third-order valence-corrected chi connectivity index (χ3v) is 3.68. The Morgan fingerprint density at radius 2 is 1.75 bits per heavy atom. The van der Waals surface area contributed by atoms with Crippen LogP contribution in [0.5, 0.6) is 0 Å². The van der Waals surface area contributed by atoms with Crippen LogP contribution in [0.15, 0.2) is 12.1 Å². The van der Waals surface area contributed by atoms with Crippen molar-refractivity contribution in [3.8, 4) is 0 Å². The molecule has 0 spiro atoms. The second kappa shape index (κ2) is 4.07. The number of hydrogen-bond acceptors (Lipinski definition) is 3. The van der Waals surface area contributed by atoms with Crippen LogP contribution in [0.25, 0.3) is 0 Å². The highest BCUT2D eigenvalue weighted by molar-refractivity contribution is 5.64. The Bertz CT molecular complexity index is 372. The summed E-state index contributed by atoms with van der Waals surface area (Å²) < 4.78 is 0. The minimum atomic E-state index is 0.556. The Morgan fingerprint density at radius 3 is 2.31 bits per heavy atom. The van der Waals surface area contributed by atoms with E-state index in [-0.39, 0.29) is 0 Å². The van der Waals surface area contributed by atoms with Gasteiger partial charge in [-0.3, -0.25) is 0 Å². The highest BCUT2D eigenvalue weighted by atomic mass is 16.5. The maximum absolute atomic E-state index is 8.79. The lowest BCUT2D eigenvalue weighted by atomic mass is 9.90. The lowest BCUT2D eigenvalue weighted by Gasteiger charge is -2.37. The van der Waals surface area contributed by atoms with Crippen molar-refractivity contribution in [3.05, 3.63) is 28.8 Å². The average Bonchev–Trinajstić information content (AvgIpc) is 2.30. The average molecular weight is 218 g/mol. The van der Waals surface area contributed by atoms with Gasteiger partial charge in [0.2, 0.25) is 0 Å². The van der Waals surface area contributed by atoms with Crippen LogP contribution in [0.1, 0.15) is 29.5 Å². The van der Waals surface area contributed by atoms with Gasteiger partial charge in [0.25, 0.3) is 0 Å². The number of rotatable bonds is 2. The van der Waals surface area contributed by atoms with Crippen LogP contribution in [-0.4, -0.2) is 18.3 Å². The first-order chi connectivity index (χ1) is 7.88. The molecule has 3 rings (SSSR count). The molecule has 0 radical (unpaired) electrons. The number of nitrogens with one attached hydrogen (secondary N) is 1. The third-order valence-electron chi connectivity index (χ3n) is 3.68. The van der Waals surface area contributed by atoms with E-state index in [1.807, 2.05) is 0 Å². The SMILES string of the molecule is ONCc1cc2c3c(c1)CCCN3CCC2. The normalized spacial score (nSPS) is 18.4. The van der Waals surface area contributed by atoms with Crippen molar-refractivity contribution >= 4 is 5.69 Å². The van der Waals surface area contributed by atoms with Crippen LogP contribution in [0.3, 0.4) is 0 Å². The van der Waals surface area contributed by atoms with E-state index in [1.54, 1.807) is 0 Å². The van der Waals surface area contributed by atoms with Crippen LogP contribution in [0.4, 0.5) is 5.69 Å². The van der Waals surface area contributed by atoms with Crippen molar-refractivity contribution in [1.82, 2.24) is 5.48 Å². The summed E-state index contributed by atoms with van der Waals surface area (Å²) in [7, 11) is 0. The molecule has 1 aromatic rings. The van der Waals surface area contributed by atoms with Gasteiger partial charge in [-0.15, -0.1) is 0 Å². The molecule has 2 aliphatic rings. The Morgan fingerprint density at radius 1 is 1.12 bits per heavy atom. The van der Waals surface area contributed by atoms with Gasteiger partial charge >= 0.3 is 0 Å². The number of hydrogen-bond donors (Lipinski definition) is 2. The summed E-state index contributed by atoms with van der Waals surface area (Å²) in [5, 5.41) is 8.79. The molecule has 0 aliphatic carbocycles. The predicted molar refractivity (Wildman–Crippen MR) is 63.9 cm³/mol. The number of hydroxylamine groups is 1. The standard InChI is InChI=1S/C13H18N2O/c16-14-9-10-7-11-3-1-5-15-6-2-4-12(8-10)13(11)15/h7-8,14,16H,1-6,9H2. The fraction of sp³-hybridized carbons (Fsp3) is 0.538. The van der Waals surface area contributed by atoms with Crippen LogP contribution in [0, 0.1) is 0 Å². The van der Waals surface area contributed by atoms with E-state index in [0.29, 0.717) is 6.54 Å². The molecule has 0 fully saturated rings. The van der Waals surface area contributed by atoms with E-state index >= 15 is 0 Å². The van der Waals surface area contributed by atoms with Crippen molar-refractivity contribution in [2.75, 3.05) is 18.0 Å². The summed E-state index contributed by atoms with van der Waals surface area (Å²) >= 11 is 0. The minimum absolute atomic E-state index is 0.556. The lowest BCUT2D eigenvalue weighted by Crippen LogP contribution is -2.34. The molecule has 3 heteroatoms. The van der Waals surface area contributed by atoms with Gasteiger partial charge in [-0.1, -0.05) is 12.1 Å². The van der Waals surface area contributed by atoms with Gasteiger partial charge < -0.3 is 10.1 Å². The van der Waals surface area contributed by atoms with Crippen molar-refractivity contribution in [1.29, 1.82) is 0 Å². The maximum Gasteiger partial charge on any atom is 0.0458 e. The summed E-state index contributed by atoms with van der Waals surface area (Å²) in [6.45, 7) is 3.00. The summed E-state index contributed by atoms with van der Waals surface area (Å²) in [4.78, 5) is 2.54. The fourth-order valence-electron chi connectivity index (χ4n) is 3.07. The van der Waals surface area contributed by atoms with Crippen molar-refractivity contribution < 1.29 is 5.21 Å². The van der Waals surface area contributed by atoms with Crippen LogP contribution < -0.4 is 10.4 Å². The van der Waals surface area contributed by atoms with Crippen LogP contribution in [0.2, 0.25) is 0 Å². The van der Waals surface area contributed by atoms with Crippen LogP contribution >= 0.6 is 0 Å². The molecule has 2 aliphatic heterocycles. The molecule has 0 aromatic heterocycles. The van der Waals surface area contributed by atoms with E-state index in [9.17, 15) is 0 Å². The van der Waals surface area contributed by atoms with Crippen molar-refractivity contribution in [2.45, 2.75) is 32.2 Å². The predicted octanol–water partition coefficient (Wildman–Crippen LogP) is 1.86. The molecule has 3 nitrogen and oxygen atoms in total. The zero-order chi connectivity index (χ0) is 11.0. The monoisotopic (exact) mass is 218 g/mol. The molecule has 0 amide bonds. The summed E-state index contributed by atoms with van der Waals surface area (Å²) in [5.41, 5.74) is 7.93. The Hall–Kier alpha value is -1.06. The Kier molecular flexibility index (Phi) is 2.58. The Labute approximate surface area is 96.0 Å². The van der Waals surface area contributed by atoms with Gasteiger partial charge in [0.05, 0.1) is 0 Å². The number of anilines is 1. The van der Waals surface area contributed by atoms with E-state index in [0.717, 1.165) is 0 Å². The highest BCUT2D eigenvalue weighted by Gasteiger charge is 2.23. The van der Waals surface area contributed by atoms with E-state index in [4.69, 9.17) is 5.21 Å². The van der Waals surface area contributed by atoms with E-state index < -0.39 is 0 Å². The van der Waals surface area contributed by atoms with Crippen molar-refractivity contribution in [2.24, 2.45) is 0 Å². The molecular formula is C13H18N2O. The maximum atomic E-state index is 8.79. The topological polar surface area (TPSA) is 35.5 Å². The zero-order valence-electron chi connectivity index (χ0n) is 9.50. The smallest absolute Gasteiger partial charge is 0.0458 e. The van der Waals surface area contributed by atoms with Gasteiger partial charge in [0.15, 0.2) is 0 Å². The first-order valence-corrected chi connectivity index (χ1v) is 6.15. The first-order valence-electron chi connectivity index (χ1n) is 6.15. The number of aryl methyl sites for hydroxylation is 2. The molecule has 0 atom stereocenters. The Balaban J connectivity index is 2.06. The summed E-state index contributed by atoms with van der Waals surface area (Å²) in [5.74, 6) is 0. The molecule has 2 N–H and O–H groups in total.